The van der Waals surface area contributed by atoms with Gasteiger partial charge in [-0.25, -0.2) is 27.6 Å². The Labute approximate surface area is 143 Å². The van der Waals surface area contributed by atoms with Crippen molar-refractivity contribution < 1.29 is 22.8 Å². The Balaban J connectivity index is 1.92. The molecular weight excluding hydrogens is 349 g/mol. The van der Waals surface area contributed by atoms with E-state index in [0.717, 1.165) is 16.4 Å². The van der Waals surface area contributed by atoms with Crippen molar-refractivity contribution in [3.05, 3.63) is 59.5 Å². The predicted octanol–water partition coefficient (Wildman–Crippen LogP) is 1.49. The summed E-state index contributed by atoms with van der Waals surface area (Å²) >= 11 is 0. The van der Waals surface area contributed by atoms with Gasteiger partial charge in [-0.05, 0) is 47.9 Å². The van der Waals surface area contributed by atoms with Crippen molar-refractivity contribution in [2.75, 3.05) is 10.8 Å². The highest BCUT2D eigenvalue weighted by Crippen LogP contribution is 2.31. The van der Waals surface area contributed by atoms with Gasteiger partial charge in [-0.2, -0.15) is 0 Å². The number of amides is 1. The molecule has 0 unspecified atom stereocenters. The van der Waals surface area contributed by atoms with Gasteiger partial charge in [0.15, 0.2) is 0 Å². The molecule has 1 amide bonds. The second-order valence-electron chi connectivity index (χ2n) is 5.35. The van der Waals surface area contributed by atoms with E-state index in [9.17, 15) is 17.6 Å². The second-order valence-corrected chi connectivity index (χ2v) is 7.21. The highest BCUT2D eigenvalue weighted by molar-refractivity contribution is 7.92. The molecule has 1 aromatic heterocycles. The molecule has 0 radical (unpaired) electrons. The first-order valence-electron chi connectivity index (χ1n) is 7.31. The molecule has 1 aliphatic rings. The molecule has 0 fully saturated rings. The Bertz CT molecular complexity index is 960. The number of rotatable bonds is 4. The van der Waals surface area contributed by atoms with Gasteiger partial charge in [0.05, 0.1) is 4.90 Å². The van der Waals surface area contributed by atoms with E-state index in [2.05, 4.69) is 4.98 Å². The van der Waals surface area contributed by atoms with Gasteiger partial charge in [-0.3, -0.25) is 10.0 Å². The number of aromatic nitrogens is 1. The molecule has 0 bridgehead atoms. The van der Waals surface area contributed by atoms with Gasteiger partial charge >= 0.3 is 0 Å². The van der Waals surface area contributed by atoms with E-state index in [1.54, 1.807) is 6.07 Å². The van der Waals surface area contributed by atoms with Crippen molar-refractivity contribution in [2.24, 2.45) is 0 Å². The minimum absolute atomic E-state index is 0.134. The van der Waals surface area contributed by atoms with Crippen molar-refractivity contribution in [1.29, 1.82) is 0 Å². The van der Waals surface area contributed by atoms with E-state index in [0.29, 0.717) is 17.5 Å². The van der Waals surface area contributed by atoms with E-state index in [-0.39, 0.29) is 17.3 Å². The molecule has 0 atom stereocenters. The average molecular weight is 363 g/mol. The number of hydroxylamine groups is 1. The third kappa shape index (κ3) is 3.37. The molecule has 2 heterocycles. The summed E-state index contributed by atoms with van der Waals surface area (Å²) in [6.45, 7) is 0.200. The molecule has 2 N–H and O–H groups in total. The summed E-state index contributed by atoms with van der Waals surface area (Å²) in [4.78, 5) is 15.0. The predicted molar refractivity (Wildman–Crippen MR) is 87.8 cm³/mol. The second kappa shape index (κ2) is 6.61. The van der Waals surface area contributed by atoms with E-state index >= 15 is 0 Å². The van der Waals surface area contributed by atoms with Gasteiger partial charge in [0.1, 0.15) is 11.6 Å². The molecule has 3 rings (SSSR count). The maximum Gasteiger partial charge on any atom is 0.267 e. The van der Waals surface area contributed by atoms with Crippen LogP contribution in [0.1, 0.15) is 11.1 Å². The van der Waals surface area contributed by atoms with Crippen LogP contribution in [0.5, 0.6) is 0 Å². The fourth-order valence-electron chi connectivity index (χ4n) is 2.55. The topological polar surface area (TPSA) is 99.6 Å². The standard InChI is InChI=1S/C16H14FN3O4S/c17-13-2-1-3-14(9-13)25(23,24)20-7-6-12-8-11(10-18-16(12)20)4-5-15(21)19-22/h1-5,8-10,22H,6-7H2,(H,19,21). The number of hydrogen-bond donors (Lipinski definition) is 2. The van der Waals surface area contributed by atoms with Gasteiger partial charge in [0, 0.05) is 18.8 Å². The zero-order valence-corrected chi connectivity index (χ0v) is 13.7. The fraction of sp³-hybridized carbons (Fsp3) is 0.125. The molecule has 2 aromatic rings. The van der Waals surface area contributed by atoms with E-state index < -0.39 is 21.7 Å². The highest BCUT2D eigenvalue weighted by atomic mass is 32.2. The fourth-order valence-corrected chi connectivity index (χ4v) is 4.04. The third-order valence-electron chi connectivity index (χ3n) is 3.71. The van der Waals surface area contributed by atoms with Gasteiger partial charge in [-0.1, -0.05) is 6.07 Å². The number of anilines is 1. The van der Waals surface area contributed by atoms with Crippen LogP contribution in [0.2, 0.25) is 0 Å². The van der Waals surface area contributed by atoms with Crippen molar-refractivity contribution in [3.8, 4) is 0 Å². The number of nitrogens with one attached hydrogen (secondary N) is 1. The molecule has 130 valence electrons. The maximum atomic E-state index is 13.4. The van der Waals surface area contributed by atoms with E-state index in [1.165, 1.54) is 36.0 Å². The van der Waals surface area contributed by atoms with Crippen LogP contribution in [0.25, 0.3) is 6.08 Å². The van der Waals surface area contributed by atoms with Gasteiger partial charge in [0.2, 0.25) is 0 Å². The quantitative estimate of drug-likeness (QED) is 0.487. The summed E-state index contributed by atoms with van der Waals surface area (Å²) in [5.41, 5.74) is 2.76. The lowest BCUT2D eigenvalue weighted by Gasteiger charge is -2.18. The number of carbonyl (C=O) groups excluding carboxylic acids is 1. The Morgan fingerprint density at radius 2 is 2.16 bits per heavy atom. The number of hydrogen-bond acceptors (Lipinski definition) is 5. The summed E-state index contributed by atoms with van der Waals surface area (Å²) in [5.74, 6) is -1.03. The van der Waals surface area contributed by atoms with Gasteiger partial charge in [0.25, 0.3) is 15.9 Å². The van der Waals surface area contributed by atoms with Crippen molar-refractivity contribution in [3.63, 3.8) is 0 Å². The first kappa shape index (κ1) is 17.1. The highest BCUT2D eigenvalue weighted by Gasteiger charge is 2.32. The summed E-state index contributed by atoms with van der Waals surface area (Å²) in [6, 6.07) is 6.53. The smallest absolute Gasteiger partial charge is 0.267 e. The Hall–Kier alpha value is -2.78. The van der Waals surface area contributed by atoms with Crippen LogP contribution in [0.3, 0.4) is 0 Å². The van der Waals surface area contributed by atoms with Crippen LogP contribution in [0, 0.1) is 5.82 Å². The largest absolute Gasteiger partial charge is 0.288 e. The number of nitrogens with zero attached hydrogens (tertiary/aromatic N) is 2. The van der Waals surface area contributed by atoms with Crippen LogP contribution in [-0.2, 0) is 21.2 Å². The van der Waals surface area contributed by atoms with Crippen LogP contribution in [-0.4, -0.2) is 31.1 Å². The number of benzene rings is 1. The van der Waals surface area contributed by atoms with Crippen LogP contribution >= 0.6 is 0 Å². The number of carbonyl (C=O) groups is 1. The van der Waals surface area contributed by atoms with Crippen LogP contribution in [0.15, 0.2) is 47.5 Å². The Kier molecular flexibility index (Phi) is 4.51. The number of fused-ring (bicyclic) bond motifs is 1. The summed E-state index contributed by atoms with van der Waals surface area (Å²) < 4.78 is 39.9. The lowest BCUT2D eigenvalue weighted by molar-refractivity contribution is -0.124. The minimum Gasteiger partial charge on any atom is -0.288 e. The molecule has 0 aliphatic carbocycles. The summed E-state index contributed by atoms with van der Waals surface area (Å²) in [7, 11) is -3.90. The molecule has 0 spiro atoms. The molecular formula is C16H14FN3O4S. The zero-order chi connectivity index (χ0) is 18.0. The molecule has 25 heavy (non-hydrogen) atoms. The average Bonchev–Trinajstić information content (AvgIpc) is 3.03. The zero-order valence-electron chi connectivity index (χ0n) is 12.9. The lowest BCUT2D eigenvalue weighted by Crippen LogP contribution is -2.29. The van der Waals surface area contributed by atoms with E-state index in [4.69, 9.17) is 5.21 Å². The first-order chi connectivity index (χ1) is 11.9. The SMILES string of the molecule is O=C(C=Cc1cnc2c(c1)CCN2S(=O)(=O)c1cccc(F)c1)NO. The molecule has 1 aromatic carbocycles. The summed E-state index contributed by atoms with van der Waals surface area (Å²) in [5, 5.41) is 8.45. The van der Waals surface area contributed by atoms with Crippen LogP contribution < -0.4 is 9.79 Å². The van der Waals surface area contributed by atoms with Crippen molar-refractivity contribution in [2.45, 2.75) is 11.3 Å². The monoisotopic (exact) mass is 363 g/mol. The molecule has 1 aliphatic heterocycles. The minimum atomic E-state index is -3.90. The number of sulfonamides is 1. The number of halogens is 1. The van der Waals surface area contributed by atoms with Crippen molar-refractivity contribution in [1.82, 2.24) is 10.5 Å². The normalized spacial score (nSPS) is 13.9. The number of pyridine rings is 1. The molecule has 0 saturated heterocycles. The summed E-state index contributed by atoms with van der Waals surface area (Å²) in [6.07, 6.45) is 4.44. The Morgan fingerprint density at radius 1 is 1.36 bits per heavy atom. The first-order valence-corrected chi connectivity index (χ1v) is 8.75. The van der Waals surface area contributed by atoms with E-state index in [1.807, 2.05) is 0 Å². The van der Waals surface area contributed by atoms with Gasteiger partial charge < -0.3 is 0 Å². The third-order valence-corrected chi connectivity index (χ3v) is 5.49. The molecule has 0 saturated carbocycles. The maximum absolute atomic E-state index is 13.4. The Morgan fingerprint density at radius 3 is 2.88 bits per heavy atom. The van der Waals surface area contributed by atoms with Crippen molar-refractivity contribution >= 4 is 27.8 Å². The molecule has 9 heteroatoms. The molecule has 7 nitrogen and oxygen atoms in total. The van der Waals surface area contributed by atoms with Crippen LogP contribution in [0.4, 0.5) is 10.2 Å². The van der Waals surface area contributed by atoms with Gasteiger partial charge in [-0.15, -0.1) is 0 Å². The lowest BCUT2D eigenvalue weighted by atomic mass is 10.1.